The number of esters is 1. The summed E-state index contributed by atoms with van der Waals surface area (Å²) in [6.07, 6.45) is 0. The van der Waals surface area contributed by atoms with E-state index in [1.54, 1.807) is 62.6 Å². The summed E-state index contributed by atoms with van der Waals surface area (Å²) in [7, 11) is 3.08. The van der Waals surface area contributed by atoms with Gasteiger partial charge in [0, 0.05) is 23.5 Å². The minimum absolute atomic E-state index is 0.0374. The molecule has 10 heteroatoms. The third-order valence-corrected chi connectivity index (χ3v) is 6.69. The molecule has 0 saturated heterocycles. The Kier molecular flexibility index (Phi) is 9.82. The van der Waals surface area contributed by atoms with Crippen LogP contribution in [0.4, 0.5) is 5.69 Å². The molecule has 1 atom stereocenters. The van der Waals surface area contributed by atoms with Gasteiger partial charge >= 0.3 is 5.97 Å². The molecular weight excluding hydrogens is 502 g/mol. The van der Waals surface area contributed by atoms with Crippen LogP contribution in [-0.4, -0.2) is 45.1 Å². The number of benzene rings is 2. The van der Waals surface area contributed by atoms with Crippen molar-refractivity contribution < 1.29 is 23.8 Å². The van der Waals surface area contributed by atoms with Crippen molar-refractivity contribution in [3.05, 3.63) is 81.0 Å². The van der Waals surface area contributed by atoms with Crippen LogP contribution in [0.15, 0.2) is 70.4 Å². The molecule has 2 N–H and O–H groups in total. The van der Waals surface area contributed by atoms with Gasteiger partial charge in [-0.2, -0.15) is 5.26 Å². The van der Waals surface area contributed by atoms with Gasteiger partial charge in [0.2, 0.25) is 5.91 Å². The van der Waals surface area contributed by atoms with Gasteiger partial charge in [0.05, 0.1) is 47.6 Å². The first kappa shape index (κ1) is 27.1. The number of halogens is 1. The molecule has 0 saturated carbocycles. The number of thioether (sulfide) groups is 1. The number of nitrogens with one attached hydrogen (secondary N) is 2. The average molecular weight is 528 g/mol. The highest BCUT2D eigenvalue weighted by Gasteiger charge is 2.36. The Morgan fingerprint density at radius 3 is 2.50 bits per heavy atom. The predicted octanol–water partition coefficient (Wildman–Crippen LogP) is 4.61. The number of hydrogen-bond donors (Lipinski definition) is 2. The predicted molar refractivity (Wildman–Crippen MR) is 140 cm³/mol. The number of carbonyl (C=O) groups is 2. The second kappa shape index (κ2) is 13.0. The number of carbonyl (C=O) groups excluding carboxylic acids is 2. The lowest BCUT2D eigenvalue weighted by atomic mass is 9.82. The van der Waals surface area contributed by atoms with E-state index in [-0.39, 0.29) is 36.0 Å². The Balaban J connectivity index is 1.86. The third-order valence-electron chi connectivity index (χ3n) is 5.33. The molecular formula is C26H26ClN3O5S. The van der Waals surface area contributed by atoms with Crippen molar-refractivity contribution in [2.24, 2.45) is 0 Å². The lowest BCUT2D eigenvalue weighted by molar-refractivity contribution is -0.140. The number of anilines is 1. The number of nitriles is 1. The summed E-state index contributed by atoms with van der Waals surface area (Å²) in [5, 5.41) is 16.9. The Bertz CT molecular complexity index is 1220. The average Bonchev–Trinajstić information content (AvgIpc) is 2.88. The number of methoxy groups -OCH3 is 2. The van der Waals surface area contributed by atoms with E-state index in [0.717, 1.165) is 0 Å². The van der Waals surface area contributed by atoms with Crippen LogP contribution in [0.2, 0.25) is 5.02 Å². The van der Waals surface area contributed by atoms with Crippen LogP contribution >= 0.6 is 23.4 Å². The maximum Gasteiger partial charge on any atom is 0.336 e. The van der Waals surface area contributed by atoms with Crippen LogP contribution in [0.5, 0.6) is 5.75 Å². The summed E-state index contributed by atoms with van der Waals surface area (Å²) in [5.41, 5.74) is 2.28. The normalized spacial score (nSPS) is 15.1. The highest BCUT2D eigenvalue weighted by atomic mass is 35.5. The number of hydrogen-bond acceptors (Lipinski definition) is 8. The van der Waals surface area contributed by atoms with Crippen molar-refractivity contribution in [1.29, 1.82) is 5.26 Å². The number of ether oxygens (including phenoxy) is 3. The zero-order valence-electron chi connectivity index (χ0n) is 20.1. The molecule has 0 aliphatic carbocycles. The van der Waals surface area contributed by atoms with Crippen LogP contribution in [0.3, 0.4) is 0 Å². The minimum Gasteiger partial charge on any atom is -0.497 e. The highest BCUT2D eigenvalue weighted by molar-refractivity contribution is 8.03. The maximum absolute atomic E-state index is 13.0. The van der Waals surface area contributed by atoms with E-state index in [1.807, 2.05) is 0 Å². The van der Waals surface area contributed by atoms with E-state index in [4.69, 9.17) is 25.8 Å². The van der Waals surface area contributed by atoms with Crippen LogP contribution in [0, 0.1) is 11.3 Å². The number of dihydropyridines is 1. The SMILES string of the molecule is COCCOC(=O)C1=C(C)NC(SCC(=O)Nc2ccc(OC)cc2)=C(C#N)[C@H]1c1ccccc1Cl. The van der Waals surface area contributed by atoms with Gasteiger partial charge in [-0.15, -0.1) is 0 Å². The fraction of sp³-hybridized carbons (Fsp3) is 0.269. The van der Waals surface area contributed by atoms with Crippen LogP contribution < -0.4 is 15.4 Å². The van der Waals surface area contributed by atoms with E-state index in [2.05, 4.69) is 16.7 Å². The zero-order valence-corrected chi connectivity index (χ0v) is 21.7. The Morgan fingerprint density at radius 1 is 1.14 bits per heavy atom. The molecule has 2 aromatic rings. The quantitative estimate of drug-likeness (QED) is 0.340. The fourth-order valence-electron chi connectivity index (χ4n) is 3.62. The van der Waals surface area contributed by atoms with Gasteiger partial charge in [0.15, 0.2) is 0 Å². The van der Waals surface area contributed by atoms with E-state index in [0.29, 0.717) is 32.7 Å². The highest BCUT2D eigenvalue weighted by Crippen LogP contribution is 2.43. The minimum atomic E-state index is -0.757. The molecule has 1 amide bonds. The van der Waals surface area contributed by atoms with E-state index in [9.17, 15) is 14.9 Å². The molecule has 1 aliphatic heterocycles. The maximum atomic E-state index is 13.0. The molecule has 0 spiro atoms. The Morgan fingerprint density at radius 2 is 1.86 bits per heavy atom. The van der Waals surface area contributed by atoms with Crippen molar-refractivity contribution in [3.8, 4) is 11.8 Å². The zero-order chi connectivity index (χ0) is 26.1. The molecule has 0 bridgehead atoms. The summed E-state index contributed by atoms with van der Waals surface area (Å²) in [4.78, 5) is 25.6. The second-order valence-electron chi connectivity index (χ2n) is 7.67. The van der Waals surface area contributed by atoms with Gasteiger partial charge in [-0.3, -0.25) is 4.79 Å². The molecule has 8 nitrogen and oxygen atoms in total. The van der Waals surface area contributed by atoms with Gasteiger partial charge in [-0.1, -0.05) is 41.6 Å². The van der Waals surface area contributed by atoms with Gasteiger partial charge < -0.3 is 24.8 Å². The monoisotopic (exact) mass is 527 g/mol. The topological polar surface area (TPSA) is 110 Å². The summed E-state index contributed by atoms with van der Waals surface area (Å²) in [6, 6.07) is 16.2. The van der Waals surface area contributed by atoms with E-state index >= 15 is 0 Å². The van der Waals surface area contributed by atoms with Crippen molar-refractivity contribution >= 4 is 40.9 Å². The lowest BCUT2D eigenvalue weighted by Crippen LogP contribution is -2.30. The molecule has 3 rings (SSSR count). The molecule has 2 aromatic carbocycles. The number of amides is 1. The van der Waals surface area contributed by atoms with Gasteiger partial charge in [-0.05, 0) is 42.8 Å². The van der Waals surface area contributed by atoms with Crippen molar-refractivity contribution in [2.75, 3.05) is 38.5 Å². The first-order valence-corrected chi connectivity index (χ1v) is 12.3. The Labute approximate surface area is 219 Å². The first-order valence-electron chi connectivity index (χ1n) is 11.0. The van der Waals surface area contributed by atoms with Gasteiger partial charge in [0.1, 0.15) is 12.4 Å². The Hall–Kier alpha value is -3.45. The summed E-state index contributed by atoms with van der Waals surface area (Å²) in [5.74, 6) is -0.863. The third kappa shape index (κ3) is 6.61. The molecule has 1 aliphatic rings. The number of nitrogens with zero attached hydrogens (tertiary/aromatic N) is 1. The van der Waals surface area contributed by atoms with E-state index < -0.39 is 11.9 Å². The molecule has 0 radical (unpaired) electrons. The summed E-state index contributed by atoms with van der Waals surface area (Å²) >= 11 is 7.65. The van der Waals surface area contributed by atoms with Crippen molar-refractivity contribution in [3.63, 3.8) is 0 Å². The first-order chi connectivity index (χ1) is 17.4. The molecule has 0 aromatic heterocycles. The molecule has 0 unspecified atom stereocenters. The van der Waals surface area contributed by atoms with Crippen LogP contribution in [-0.2, 0) is 19.1 Å². The summed E-state index contributed by atoms with van der Waals surface area (Å²) in [6.45, 7) is 2.04. The number of allylic oxidation sites excluding steroid dienone is 2. The fourth-order valence-corrected chi connectivity index (χ4v) is 4.76. The number of rotatable bonds is 10. The van der Waals surface area contributed by atoms with Gasteiger partial charge in [-0.25, -0.2) is 4.79 Å². The summed E-state index contributed by atoms with van der Waals surface area (Å²) < 4.78 is 15.5. The smallest absolute Gasteiger partial charge is 0.336 e. The van der Waals surface area contributed by atoms with Crippen molar-refractivity contribution in [2.45, 2.75) is 12.8 Å². The van der Waals surface area contributed by atoms with Crippen LogP contribution in [0.1, 0.15) is 18.4 Å². The molecule has 188 valence electrons. The standard InChI is InChI=1S/C26H26ClN3O5S/c1-16-23(26(32)35-13-12-33-2)24(19-6-4-5-7-21(19)27)20(14-28)25(29-16)36-15-22(31)30-17-8-10-18(34-3)11-9-17/h4-11,24,29H,12-13,15H2,1-3H3,(H,30,31)/t24-/m1/s1. The molecule has 0 fully saturated rings. The van der Waals surface area contributed by atoms with Crippen molar-refractivity contribution in [1.82, 2.24) is 5.32 Å². The van der Waals surface area contributed by atoms with Crippen LogP contribution in [0.25, 0.3) is 0 Å². The van der Waals surface area contributed by atoms with Gasteiger partial charge in [0.25, 0.3) is 0 Å². The molecule has 1 heterocycles. The molecule has 36 heavy (non-hydrogen) atoms. The lowest BCUT2D eigenvalue weighted by Gasteiger charge is -2.29. The second-order valence-corrected chi connectivity index (χ2v) is 9.06. The van der Waals surface area contributed by atoms with E-state index in [1.165, 1.54) is 18.9 Å². The largest absolute Gasteiger partial charge is 0.497 e.